The second-order valence-electron chi connectivity index (χ2n) is 5.93. The van der Waals surface area contributed by atoms with E-state index in [9.17, 15) is 0 Å². The number of imidazole rings is 2. The molecule has 3 rings (SSSR count). The Hall–Kier alpha value is -2.29. The molecule has 0 unspecified atom stereocenters. The van der Waals surface area contributed by atoms with E-state index in [0.29, 0.717) is 18.3 Å². The Morgan fingerprint density at radius 3 is 2.25 bits per heavy atom. The highest BCUT2D eigenvalue weighted by Gasteiger charge is 1.98. The van der Waals surface area contributed by atoms with Gasteiger partial charge in [0.05, 0.1) is 19.2 Å². The number of benzene rings is 1. The molecule has 150 valence electrons. The lowest BCUT2D eigenvalue weighted by Gasteiger charge is -2.01. The van der Waals surface area contributed by atoms with Crippen LogP contribution in [-0.2, 0) is 19.4 Å². The number of rotatable bonds is 8. The fraction of sp³-hybridized carbons (Fsp3) is 0.316. The lowest BCUT2D eigenvalue weighted by atomic mass is 10.2. The van der Waals surface area contributed by atoms with E-state index in [2.05, 4.69) is 24.9 Å². The minimum absolute atomic E-state index is 0.594. The molecule has 0 spiro atoms. The number of hydrogen-bond acceptors (Lipinski definition) is 5. The standard InChI is InChI=1S/C14H17ClN4S.C5H9N3/c15-12-5-3-11(4-6-12)8-18-14(16)20-7-1-2-13-9-17-10-19-13;6-2-1-5-3-7-4-8-5/h3-6,9-10H,1-2,7-8H2,(H2,16,18)(H,17,19);3-4H,1-2,6H2,(H,7,8). The molecule has 0 saturated carbocycles. The van der Waals surface area contributed by atoms with E-state index in [1.54, 1.807) is 30.6 Å². The molecule has 0 aliphatic heterocycles. The Kier molecular flexibility index (Phi) is 10.2. The van der Waals surface area contributed by atoms with Gasteiger partial charge in [0.1, 0.15) is 0 Å². The van der Waals surface area contributed by atoms with E-state index in [0.717, 1.165) is 47.0 Å². The molecule has 1 aromatic carbocycles. The van der Waals surface area contributed by atoms with Crippen molar-refractivity contribution in [2.75, 3.05) is 12.3 Å². The number of nitrogens with zero attached hydrogens (tertiary/aromatic N) is 3. The Morgan fingerprint density at radius 1 is 1.04 bits per heavy atom. The van der Waals surface area contributed by atoms with Gasteiger partial charge in [0, 0.05) is 41.0 Å². The summed E-state index contributed by atoms with van der Waals surface area (Å²) in [7, 11) is 0. The highest BCUT2D eigenvalue weighted by Crippen LogP contribution is 2.11. The highest BCUT2D eigenvalue weighted by molar-refractivity contribution is 8.13. The second kappa shape index (κ2) is 13.0. The van der Waals surface area contributed by atoms with E-state index in [4.69, 9.17) is 23.1 Å². The lowest BCUT2D eigenvalue weighted by Crippen LogP contribution is -2.08. The summed E-state index contributed by atoms with van der Waals surface area (Å²) in [4.78, 5) is 18.2. The Balaban J connectivity index is 0.000000292. The summed E-state index contributed by atoms with van der Waals surface area (Å²) in [6.07, 6.45) is 9.91. The molecule has 0 atom stereocenters. The van der Waals surface area contributed by atoms with Gasteiger partial charge in [0.2, 0.25) is 0 Å². The molecule has 0 aliphatic rings. The van der Waals surface area contributed by atoms with Gasteiger partial charge in [0.15, 0.2) is 5.17 Å². The minimum Gasteiger partial charge on any atom is -0.379 e. The molecule has 0 fully saturated rings. The molecule has 0 amide bonds. The van der Waals surface area contributed by atoms with Gasteiger partial charge in [-0.2, -0.15) is 0 Å². The van der Waals surface area contributed by atoms with Crippen LogP contribution in [0.2, 0.25) is 5.02 Å². The zero-order chi connectivity index (χ0) is 20.0. The first-order chi connectivity index (χ1) is 13.7. The molecule has 0 saturated heterocycles. The zero-order valence-electron chi connectivity index (χ0n) is 15.6. The van der Waals surface area contributed by atoms with Gasteiger partial charge in [-0.05, 0) is 37.1 Å². The molecule has 0 aliphatic carbocycles. The number of amidine groups is 1. The van der Waals surface area contributed by atoms with Crippen LogP contribution in [0, 0.1) is 0 Å². The predicted molar refractivity (Wildman–Crippen MR) is 117 cm³/mol. The van der Waals surface area contributed by atoms with E-state index in [1.807, 2.05) is 30.5 Å². The summed E-state index contributed by atoms with van der Waals surface area (Å²) in [6.45, 7) is 1.28. The van der Waals surface area contributed by atoms with Crippen LogP contribution < -0.4 is 11.5 Å². The van der Waals surface area contributed by atoms with Crippen LogP contribution in [0.4, 0.5) is 0 Å². The molecule has 2 heterocycles. The topological polar surface area (TPSA) is 122 Å². The van der Waals surface area contributed by atoms with Crippen molar-refractivity contribution in [2.45, 2.75) is 25.8 Å². The lowest BCUT2D eigenvalue weighted by molar-refractivity contribution is 0.903. The van der Waals surface area contributed by atoms with Crippen molar-refractivity contribution in [1.82, 2.24) is 19.9 Å². The summed E-state index contributed by atoms with van der Waals surface area (Å²) in [5.74, 6) is 0.953. The number of H-pyrrole nitrogens is 2. The number of thioether (sulfide) groups is 1. The molecule has 7 nitrogen and oxygen atoms in total. The van der Waals surface area contributed by atoms with Crippen LogP contribution in [0.1, 0.15) is 23.4 Å². The van der Waals surface area contributed by atoms with E-state index >= 15 is 0 Å². The van der Waals surface area contributed by atoms with E-state index in [-0.39, 0.29) is 0 Å². The predicted octanol–water partition coefficient (Wildman–Crippen LogP) is 3.15. The summed E-state index contributed by atoms with van der Waals surface area (Å²) in [6, 6.07) is 7.64. The van der Waals surface area contributed by atoms with Crippen LogP contribution in [-0.4, -0.2) is 37.4 Å². The number of hydrogen-bond donors (Lipinski definition) is 4. The van der Waals surface area contributed by atoms with Crippen LogP contribution in [0.25, 0.3) is 0 Å². The number of aromatic nitrogens is 4. The highest BCUT2D eigenvalue weighted by atomic mass is 35.5. The maximum absolute atomic E-state index is 5.88. The van der Waals surface area contributed by atoms with Crippen molar-refractivity contribution >= 4 is 28.5 Å². The molecule has 9 heteroatoms. The Morgan fingerprint density at radius 2 is 1.68 bits per heavy atom. The second-order valence-corrected chi connectivity index (χ2v) is 7.48. The minimum atomic E-state index is 0.594. The van der Waals surface area contributed by atoms with Crippen LogP contribution in [0.15, 0.2) is 54.3 Å². The van der Waals surface area contributed by atoms with Crippen LogP contribution in [0.5, 0.6) is 0 Å². The number of nitrogens with two attached hydrogens (primary N) is 2. The van der Waals surface area contributed by atoms with Gasteiger partial charge >= 0.3 is 0 Å². The number of halogens is 1. The Labute approximate surface area is 174 Å². The third-order valence-electron chi connectivity index (χ3n) is 3.69. The first-order valence-electron chi connectivity index (χ1n) is 8.99. The zero-order valence-corrected chi connectivity index (χ0v) is 17.2. The van der Waals surface area contributed by atoms with Crippen molar-refractivity contribution in [3.63, 3.8) is 0 Å². The van der Waals surface area contributed by atoms with Crippen LogP contribution >= 0.6 is 23.4 Å². The van der Waals surface area contributed by atoms with Crippen LogP contribution in [0.3, 0.4) is 0 Å². The summed E-state index contributed by atoms with van der Waals surface area (Å²) < 4.78 is 0. The molecule has 2 aromatic heterocycles. The monoisotopic (exact) mass is 419 g/mol. The van der Waals surface area contributed by atoms with Crippen molar-refractivity contribution in [1.29, 1.82) is 0 Å². The maximum atomic E-state index is 5.88. The van der Waals surface area contributed by atoms with Gasteiger partial charge in [0.25, 0.3) is 0 Å². The molecule has 3 aromatic rings. The molecule has 6 N–H and O–H groups in total. The van der Waals surface area contributed by atoms with Gasteiger partial charge in [-0.15, -0.1) is 0 Å². The summed E-state index contributed by atoms with van der Waals surface area (Å²) in [5, 5.41) is 1.36. The third-order valence-corrected chi connectivity index (χ3v) is 4.86. The van der Waals surface area contributed by atoms with Crippen molar-refractivity contribution < 1.29 is 0 Å². The average molecular weight is 420 g/mol. The number of aromatic amines is 2. The first kappa shape index (κ1) is 22.0. The van der Waals surface area contributed by atoms with Gasteiger partial charge in [-0.25, -0.2) is 9.97 Å². The average Bonchev–Trinajstić information content (AvgIpc) is 3.40. The summed E-state index contributed by atoms with van der Waals surface area (Å²) >= 11 is 7.42. The summed E-state index contributed by atoms with van der Waals surface area (Å²) in [5.41, 5.74) is 14.5. The molecule has 0 bridgehead atoms. The van der Waals surface area contributed by atoms with Crippen molar-refractivity contribution in [2.24, 2.45) is 16.5 Å². The van der Waals surface area contributed by atoms with Crippen molar-refractivity contribution in [3.05, 3.63) is 71.3 Å². The molecule has 28 heavy (non-hydrogen) atoms. The fourth-order valence-electron chi connectivity index (χ4n) is 2.24. The Bertz CT molecular complexity index is 786. The van der Waals surface area contributed by atoms with E-state index in [1.165, 1.54) is 0 Å². The van der Waals surface area contributed by atoms with Gasteiger partial charge in [-0.1, -0.05) is 35.5 Å². The SMILES string of the molecule is NC(=NCc1ccc(Cl)cc1)SCCCc1cnc[nH]1.NCCc1cnc[nH]1. The van der Waals surface area contributed by atoms with E-state index < -0.39 is 0 Å². The normalized spacial score (nSPS) is 11.1. The number of aliphatic imine (C=N–C) groups is 1. The smallest absolute Gasteiger partial charge is 0.154 e. The maximum Gasteiger partial charge on any atom is 0.154 e. The van der Waals surface area contributed by atoms with Crippen molar-refractivity contribution in [3.8, 4) is 0 Å². The largest absolute Gasteiger partial charge is 0.379 e. The number of nitrogens with one attached hydrogen (secondary N) is 2. The molecular formula is C19H26ClN7S. The fourth-order valence-corrected chi connectivity index (χ4v) is 3.02. The third kappa shape index (κ3) is 9.07. The molecular weight excluding hydrogens is 394 g/mol. The van der Waals surface area contributed by atoms with Gasteiger partial charge < -0.3 is 21.4 Å². The number of aryl methyl sites for hydroxylation is 1. The van der Waals surface area contributed by atoms with Gasteiger partial charge in [-0.3, -0.25) is 4.99 Å². The first-order valence-corrected chi connectivity index (χ1v) is 10.4. The quantitative estimate of drug-likeness (QED) is 0.254. The molecule has 0 radical (unpaired) electrons.